The number of hydrogen-bond acceptors (Lipinski definition) is 2. The van der Waals surface area contributed by atoms with Gasteiger partial charge in [-0.2, -0.15) is 0 Å². The van der Waals surface area contributed by atoms with E-state index in [1.807, 2.05) is 0 Å². The molecular weight excluding hydrogens is 256 g/mol. The summed E-state index contributed by atoms with van der Waals surface area (Å²) >= 11 is 0. The van der Waals surface area contributed by atoms with Crippen LogP contribution in [0.1, 0.15) is 23.6 Å². The zero-order chi connectivity index (χ0) is 15.0. The van der Waals surface area contributed by atoms with E-state index >= 15 is 0 Å². The molecule has 1 aliphatic heterocycles. The summed E-state index contributed by atoms with van der Waals surface area (Å²) in [5, 5.41) is 0. The van der Waals surface area contributed by atoms with E-state index in [1.54, 1.807) is 0 Å². The van der Waals surface area contributed by atoms with Crippen molar-refractivity contribution in [2.45, 2.75) is 33.9 Å². The van der Waals surface area contributed by atoms with E-state index in [9.17, 15) is 0 Å². The maximum absolute atomic E-state index is 2.33. The van der Waals surface area contributed by atoms with Crippen LogP contribution in [0.5, 0.6) is 0 Å². The molecule has 21 heavy (non-hydrogen) atoms. The van der Waals surface area contributed by atoms with Crippen LogP contribution in [0.2, 0.25) is 0 Å². The molecule has 108 valence electrons. The summed E-state index contributed by atoms with van der Waals surface area (Å²) in [6.07, 6.45) is 4.62. The summed E-state index contributed by atoms with van der Waals surface area (Å²) in [5.41, 5.74) is 6.43. The third kappa shape index (κ3) is 2.54. The van der Waals surface area contributed by atoms with E-state index in [4.69, 9.17) is 0 Å². The summed E-state index contributed by atoms with van der Waals surface area (Å²) in [4.78, 5) is 4.63. The van der Waals surface area contributed by atoms with Crippen molar-refractivity contribution in [1.29, 1.82) is 0 Å². The molecule has 2 aromatic carbocycles. The molecule has 0 spiro atoms. The van der Waals surface area contributed by atoms with Gasteiger partial charge in [-0.3, -0.25) is 0 Å². The lowest BCUT2D eigenvalue weighted by Crippen LogP contribution is -2.36. The van der Waals surface area contributed by atoms with Crippen LogP contribution in [0, 0.1) is 20.8 Å². The van der Waals surface area contributed by atoms with Gasteiger partial charge in [0, 0.05) is 23.8 Å². The van der Waals surface area contributed by atoms with Gasteiger partial charge in [0.05, 0.1) is 0 Å². The van der Waals surface area contributed by atoms with E-state index in [0.29, 0.717) is 0 Å². The summed E-state index contributed by atoms with van der Waals surface area (Å²) in [6.45, 7) is 8.67. The number of aryl methyl sites for hydroxylation is 3. The first-order valence-electron chi connectivity index (χ1n) is 7.45. The van der Waals surface area contributed by atoms with Crippen molar-refractivity contribution in [1.82, 2.24) is 0 Å². The molecule has 1 heterocycles. The van der Waals surface area contributed by atoms with Crippen LogP contribution in [-0.4, -0.2) is 6.17 Å². The van der Waals surface area contributed by atoms with Crippen molar-refractivity contribution in [2.75, 3.05) is 9.80 Å². The molecule has 2 nitrogen and oxygen atoms in total. The van der Waals surface area contributed by atoms with Gasteiger partial charge in [0.15, 0.2) is 0 Å². The van der Waals surface area contributed by atoms with Gasteiger partial charge >= 0.3 is 0 Å². The van der Waals surface area contributed by atoms with Gasteiger partial charge in [-0.05, 0) is 51.5 Å². The van der Waals surface area contributed by atoms with Crippen LogP contribution < -0.4 is 9.80 Å². The lowest BCUT2D eigenvalue weighted by atomic mass is 10.1. The van der Waals surface area contributed by atoms with Gasteiger partial charge in [-0.25, -0.2) is 0 Å². The maximum atomic E-state index is 2.33. The van der Waals surface area contributed by atoms with Gasteiger partial charge in [-0.15, -0.1) is 0 Å². The fourth-order valence-corrected chi connectivity index (χ4v) is 2.92. The molecule has 0 saturated heterocycles. The second-order valence-electron chi connectivity index (χ2n) is 5.87. The first kappa shape index (κ1) is 13.7. The van der Waals surface area contributed by atoms with E-state index in [2.05, 4.69) is 92.4 Å². The van der Waals surface area contributed by atoms with Crippen molar-refractivity contribution in [3.63, 3.8) is 0 Å². The Balaban J connectivity index is 1.88. The number of rotatable bonds is 2. The fourth-order valence-electron chi connectivity index (χ4n) is 2.92. The monoisotopic (exact) mass is 278 g/mol. The quantitative estimate of drug-likeness (QED) is 0.781. The Bertz CT molecular complexity index is 670. The molecule has 1 aliphatic rings. The zero-order valence-electron chi connectivity index (χ0n) is 13.2. The third-order valence-corrected chi connectivity index (χ3v) is 4.16. The highest BCUT2D eigenvalue weighted by Crippen LogP contribution is 2.31. The highest BCUT2D eigenvalue weighted by Gasteiger charge is 2.25. The van der Waals surface area contributed by atoms with Crippen LogP contribution in [0.15, 0.2) is 54.9 Å². The predicted octanol–water partition coefficient (Wildman–Crippen LogP) is 4.76. The molecule has 0 amide bonds. The molecule has 3 rings (SSSR count). The summed E-state index contributed by atoms with van der Waals surface area (Å²) < 4.78 is 0. The predicted molar refractivity (Wildman–Crippen MR) is 90.7 cm³/mol. The first-order chi connectivity index (χ1) is 10.1. The van der Waals surface area contributed by atoms with Crippen LogP contribution >= 0.6 is 0 Å². The minimum absolute atomic E-state index is 0.286. The van der Waals surface area contributed by atoms with Crippen molar-refractivity contribution >= 4 is 11.4 Å². The third-order valence-electron chi connectivity index (χ3n) is 4.16. The smallest absolute Gasteiger partial charge is 0.107 e. The van der Waals surface area contributed by atoms with Gasteiger partial charge in [0.1, 0.15) is 6.17 Å². The normalized spacial score (nSPS) is 17.6. The molecule has 0 aromatic heterocycles. The summed E-state index contributed by atoms with van der Waals surface area (Å²) in [7, 11) is 0. The lowest BCUT2D eigenvalue weighted by Gasteiger charge is -2.31. The fraction of sp³-hybridized carbons (Fsp3) is 0.263. The van der Waals surface area contributed by atoms with Crippen LogP contribution in [0.3, 0.4) is 0 Å². The average Bonchev–Trinajstić information content (AvgIpc) is 2.82. The van der Waals surface area contributed by atoms with Gasteiger partial charge < -0.3 is 9.80 Å². The average molecular weight is 278 g/mol. The Morgan fingerprint density at radius 1 is 0.762 bits per heavy atom. The first-order valence-corrected chi connectivity index (χ1v) is 7.45. The van der Waals surface area contributed by atoms with Crippen LogP contribution in [0.25, 0.3) is 0 Å². The Kier molecular flexibility index (Phi) is 3.46. The van der Waals surface area contributed by atoms with E-state index in [-0.39, 0.29) is 6.17 Å². The van der Waals surface area contributed by atoms with Gasteiger partial charge in [-0.1, -0.05) is 35.4 Å². The highest BCUT2D eigenvalue weighted by atomic mass is 15.4. The number of nitrogens with zero attached hydrogens (tertiary/aromatic N) is 2. The minimum atomic E-state index is 0.286. The molecule has 0 saturated carbocycles. The van der Waals surface area contributed by atoms with E-state index in [0.717, 1.165) is 0 Å². The van der Waals surface area contributed by atoms with Crippen molar-refractivity contribution in [2.24, 2.45) is 0 Å². The number of anilines is 2. The van der Waals surface area contributed by atoms with Crippen molar-refractivity contribution in [3.8, 4) is 0 Å². The van der Waals surface area contributed by atoms with E-state index < -0.39 is 0 Å². The molecule has 0 aliphatic carbocycles. The van der Waals surface area contributed by atoms with Crippen molar-refractivity contribution < 1.29 is 0 Å². The Morgan fingerprint density at radius 2 is 1.38 bits per heavy atom. The van der Waals surface area contributed by atoms with Gasteiger partial charge in [0.2, 0.25) is 0 Å². The van der Waals surface area contributed by atoms with E-state index in [1.165, 1.54) is 28.1 Å². The molecule has 0 bridgehead atoms. The molecule has 0 N–H and O–H groups in total. The molecule has 0 fully saturated rings. The molecule has 1 unspecified atom stereocenters. The Labute approximate surface area is 127 Å². The van der Waals surface area contributed by atoms with Crippen LogP contribution in [0.4, 0.5) is 11.4 Å². The maximum Gasteiger partial charge on any atom is 0.107 e. The largest absolute Gasteiger partial charge is 0.326 e. The molecular formula is C19H22N2. The lowest BCUT2D eigenvalue weighted by molar-refractivity contribution is 0.748. The summed E-state index contributed by atoms with van der Waals surface area (Å²) in [5.74, 6) is 0. The number of benzene rings is 2. The van der Waals surface area contributed by atoms with Crippen LogP contribution in [-0.2, 0) is 0 Å². The zero-order valence-corrected chi connectivity index (χ0v) is 13.2. The van der Waals surface area contributed by atoms with Crippen molar-refractivity contribution in [3.05, 3.63) is 71.6 Å². The standard InChI is InChI=1S/C19H22N2/c1-14-5-8-18(9-6-14)20-11-12-21(17(20)4)19-10-7-15(2)13-16(19)3/h5-13,17H,1-4H3. The second kappa shape index (κ2) is 5.28. The SMILES string of the molecule is Cc1ccc(N2C=CN(c3ccc(C)cc3C)C2C)cc1. The topological polar surface area (TPSA) is 6.48 Å². The highest BCUT2D eigenvalue weighted by molar-refractivity contribution is 5.64. The number of hydrogen-bond donors (Lipinski definition) is 0. The van der Waals surface area contributed by atoms with Gasteiger partial charge in [0.25, 0.3) is 0 Å². The molecule has 2 heteroatoms. The second-order valence-corrected chi connectivity index (χ2v) is 5.87. The molecule has 1 atom stereocenters. The Hall–Kier alpha value is -2.22. The minimum Gasteiger partial charge on any atom is -0.326 e. The molecule has 2 aromatic rings. The Morgan fingerprint density at radius 3 is 2.05 bits per heavy atom. The molecule has 0 radical (unpaired) electrons. The summed E-state index contributed by atoms with van der Waals surface area (Å²) in [6, 6.07) is 15.3.